The Bertz CT molecular complexity index is 512. The van der Waals surface area contributed by atoms with E-state index in [4.69, 9.17) is 4.74 Å². The summed E-state index contributed by atoms with van der Waals surface area (Å²) in [6.45, 7) is 7.90. The summed E-state index contributed by atoms with van der Waals surface area (Å²) in [6.07, 6.45) is 1.76. The van der Waals surface area contributed by atoms with Crippen LogP contribution in [0, 0.1) is 6.92 Å². The highest BCUT2D eigenvalue weighted by atomic mass is 32.2. The topological polar surface area (TPSA) is 67.3 Å². The average molecular weight is 324 g/mol. The molecular weight excluding hydrogens is 300 g/mol. The lowest BCUT2D eigenvalue weighted by Gasteiger charge is -2.19. The zero-order valence-electron chi connectivity index (χ0n) is 13.6. The Hall–Kier alpha value is -1.18. The number of likely N-dealkylation sites (tertiary alicyclic amines) is 1. The number of carbonyl (C=O) groups excluding carboxylic acids is 1. The lowest BCUT2D eigenvalue weighted by Crippen LogP contribution is -2.44. The third-order valence-electron chi connectivity index (χ3n) is 3.78. The number of amides is 1. The Morgan fingerprint density at radius 2 is 2.32 bits per heavy atom. The lowest BCUT2D eigenvalue weighted by molar-refractivity contribution is -0.119. The van der Waals surface area contributed by atoms with Crippen molar-refractivity contribution in [2.75, 3.05) is 26.0 Å². The van der Waals surface area contributed by atoms with Crippen LogP contribution in [0.2, 0.25) is 0 Å². The van der Waals surface area contributed by atoms with E-state index in [1.807, 2.05) is 13.0 Å². The van der Waals surface area contributed by atoms with Crippen LogP contribution < -0.4 is 5.32 Å². The summed E-state index contributed by atoms with van der Waals surface area (Å²) in [5.41, 5.74) is 0.903. The molecule has 2 atom stereocenters. The summed E-state index contributed by atoms with van der Waals surface area (Å²) in [7, 11) is 1.70. The Balaban J connectivity index is 1.83. The van der Waals surface area contributed by atoms with Gasteiger partial charge in [-0.15, -0.1) is 0 Å². The zero-order valence-corrected chi connectivity index (χ0v) is 14.4. The van der Waals surface area contributed by atoms with E-state index in [1.54, 1.807) is 13.3 Å². The standard InChI is InChI=1S/C15H24N4O2S/c1-10(2)19-7-12(13(8-19)21-4)18-14(20)9-22-15-16-6-5-11(3)17-15/h5-6,10,12-13H,7-9H2,1-4H3,(H,18,20)/t12-,13-/m1/s1. The van der Waals surface area contributed by atoms with Gasteiger partial charge < -0.3 is 10.1 Å². The van der Waals surface area contributed by atoms with E-state index in [-0.39, 0.29) is 18.1 Å². The van der Waals surface area contributed by atoms with Gasteiger partial charge in [-0.3, -0.25) is 9.69 Å². The molecular formula is C15H24N4O2S. The smallest absolute Gasteiger partial charge is 0.230 e. The van der Waals surface area contributed by atoms with Gasteiger partial charge in [0.25, 0.3) is 0 Å². The summed E-state index contributed by atoms with van der Waals surface area (Å²) in [5, 5.41) is 3.70. The van der Waals surface area contributed by atoms with E-state index in [2.05, 4.69) is 34.0 Å². The number of thioether (sulfide) groups is 1. The molecule has 22 heavy (non-hydrogen) atoms. The molecule has 0 unspecified atom stereocenters. The Labute approximate surface area is 136 Å². The number of hydrogen-bond donors (Lipinski definition) is 1. The van der Waals surface area contributed by atoms with Gasteiger partial charge in [-0.2, -0.15) is 0 Å². The molecule has 0 bridgehead atoms. The number of hydrogen-bond acceptors (Lipinski definition) is 6. The molecule has 7 heteroatoms. The average Bonchev–Trinajstić information content (AvgIpc) is 2.88. The van der Waals surface area contributed by atoms with Crippen LogP contribution >= 0.6 is 11.8 Å². The van der Waals surface area contributed by atoms with Gasteiger partial charge >= 0.3 is 0 Å². The molecule has 1 aliphatic heterocycles. The van der Waals surface area contributed by atoms with Crippen molar-refractivity contribution in [2.24, 2.45) is 0 Å². The van der Waals surface area contributed by atoms with Gasteiger partial charge in [0.2, 0.25) is 5.91 Å². The molecule has 1 N–H and O–H groups in total. The van der Waals surface area contributed by atoms with Crippen molar-refractivity contribution < 1.29 is 9.53 Å². The van der Waals surface area contributed by atoms with Crippen LogP contribution in [0.4, 0.5) is 0 Å². The molecule has 1 saturated heterocycles. The van der Waals surface area contributed by atoms with Crippen molar-refractivity contribution >= 4 is 17.7 Å². The van der Waals surface area contributed by atoms with Crippen molar-refractivity contribution in [1.29, 1.82) is 0 Å². The van der Waals surface area contributed by atoms with Crippen molar-refractivity contribution in [2.45, 2.75) is 44.1 Å². The third kappa shape index (κ3) is 4.66. The molecule has 122 valence electrons. The quantitative estimate of drug-likeness (QED) is 0.624. The first-order valence-electron chi connectivity index (χ1n) is 7.48. The van der Waals surface area contributed by atoms with Crippen LogP contribution in [-0.2, 0) is 9.53 Å². The highest BCUT2D eigenvalue weighted by Gasteiger charge is 2.34. The molecule has 0 aromatic carbocycles. The van der Waals surface area contributed by atoms with Gasteiger partial charge in [-0.05, 0) is 26.8 Å². The van der Waals surface area contributed by atoms with E-state index >= 15 is 0 Å². The second kappa shape index (κ2) is 7.89. The second-order valence-electron chi connectivity index (χ2n) is 5.77. The summed E-state index contributed by atoms with van der Waals surface area (Å²) in [5.74, 6) is 0.311. The molecule has 2 heterocycles. The number of ether oxygens (including phenoxy) is 1. The summed E-state index contributed by atoms with van der Waals surface area (Å²) < 4.78 is 5.50. The normalized spacial score (nSPS) is 22.2. The van der Waals surface area contributed by atoms with Crippen molar-refractivity contribution in [3.05, 3.63) is 18.0 Å². The van der Waals surface area contributed by atoms with Crippen LogP contribution in [0.1, 0.15) is 19.5 Å². The first-order chi connectivity index (χ1) is 10.5. The molecule has 0 aliphatic carbocycles. The van der Waals surface area contributed by atoms with Crippen LogP contribution in [0.3, 0.4) is 0 Å². The van der Waals surface area contributed by atoms with Crippen molar-refractivity contribution in [3.63, 3.8) is 0 Å². The molecule has 2 rings (SSSR count). The number of rotatable bonds is 6. The molecule has 1 aromatic rings. The third-order valence-corrected chi connectivity index (χ3v) is 4.64. The van der Waals surface area contributed by atoms with E-state index in [0.717, 1.165) is 18.8 Å². The second-order valence-corrected chi connectivity index (χ2v) is 6.71. The first-order valence-corrected chi connectivity index (χ1v) is 8.46. The van der Waals surface area contributed by atoms with E-state index < -0.39 is 0 Å². The van der Waals surface area contributed by atoms with Gasteiger partial charge in [-0.1, -0.05) is 11.8 Å². The Morgan fingerprint density at radius 3 is 2.95 bits per heavy atom. The van der Waals surface area contributed by atoms with E-state index in [9.17, 15) is 4.79 Å². The van der Waals surface area contributed by atoms with Crippen LogP contribution in [0.25, 0.3) is 0 Å². The van der Waals surface area contributed by atoms with Gasteiger partial charge in [0.1, 0.15) is 0 Å². The van der Waals surface area contributed by atoms with Gasteiger partial charge in [0.05, 0.1) is 17.9 Å². The van der Waals surface area contributed by atoms with Gasteiger partial charge in [0.15, 0.2) is 5.16 Å². The monoisotopic (exact) mass is 324 g/mol. The molecule has 0 saturated carbocycles. The fourth-order valence-corrected chi connectivity index (χ4v) is 3.16. The largest absolute Gasteiger partial charge is 0.378 e. The Morgan fingerprint density at radius 1 is 1.55 bits per heavy atom. The van der Waals surface area contributed by atoms with E-state index in [1.165, 1.54) is 11.8 Å². The van der Waals surface area contributed by atoms with Gasteiger partial charge in [-0.25, -0.2) is 9.97 Å². The minimum Gasteiger partial charge on any atom is -0.378 e. The van der Waals surface area contributed by atoms with Crippen LogP contribution in [0.5, 0.6) is 0 Å². The number of nitrogens with one attached hydrogen (secondary N) is 1. The maximum Gasteiger partial charge on any atom is 0.230 e. The number of aromatic nitrogens is 2. The summed E-state index contributed by atoms with van der Waals surface area (Å²) in [6, 6.07) is 2.33. The molecule has 6 nitrogen and oxygen atoms in total. The Kier molecular flexibility index (Phi) is 6.16. The molecule has 0 spiro atoms. The molecule has 1 aromatic heterocycles. The fourth-order valence-electron chi connectivity index (χ4n) is 2.48. The molecule has 0 radical (unpaired) electrons. The molecule has 1 amide bonds. The zero-order chi connectivity index (χ0) is 16.1. The highest BCUT2D eigenvalue weighted by Crippen LogP contribution is 2.17. The molecule has 1 fully saturated rings. The highest BCUT2D eigenvalue weighted by molar-refractivity contribution is 7.99. The maximum atomic E-state index is 12.1. The predicted octanol–water partition coefficient (Wildman–Crippen LogP) is 1.10. The predicted molar refractivity (Wildman–Crippen MR) is 86.9 cm³/mol. The fraction of sp³-hybridized carbons (Fsp3) is 0.667. The maximum absolute atomic E-state index is 12.1. The minimum absolute atomic E-state index is 0.00670. The minimum atomic E-state index is -0.00670. The summed E-state index contributed by atoms with van der Waals surface area (Å²) >= 11 is 1.35. The van der Waals surface area contributed by atoms with Crippen molar-refractivity contribution in [3.8, 4) is 0 Å². The lowest BCUT2D eigenvalue weighted by atomic mass is 10.2. The number of aryl methyl sites for hydroxylation is 1. The van der Waals surface area contributed by atoms with Crippen molar-refractivity contribution in [1.82, 2.24) is 20.2 Å². The van der Waals surface area contributed by atoms with Crippen LogP contribution in [0.15, 0.2) is 17.4 Å². The SMILES string of the molecule is CO[C@@H]1CN(C(C)C)C[C@H]1NC(=O)CSc1nccc(C)n1. The number of carbonyl (C=O) groups is 1. The first kappa shape index (κ1) is 17.2. The van der Waals surface area contributed by atoms with Crippen LogP contribution in [-0.4, -0.2) is 64.9 Å². The van der Waals surface area contributed by atoms with E-state index in [0.29, 0.717) is 17.0 Å². The van der Waals surface area contributed by atoms with Gasteiger partial charge in [0, 0.05) is 38.1 Å². The summed E-state index contributed by atoms with van der Waals surface area (Å²) in [4.78, 5) is 22.9. The number of methoxy groups -OCH3 is 1. The molecule has 1 aliphatic rings. The number of nitrogens with zero attached hydrogens (tertiary/aromatic N) is 3.